The third-order valence-corrected chi connectivity index (χ3v) is 5.80. The quantitative estimate of drug-likeness (QED) is 0.468. The molecule has 7 heteroatoms. The Bertz CT molecular complexity index is 1020. The Morgan fingerprint density at radius 1 is 0.875 bits per heavy atom. The number of hydrogen-bond donors (Lipinski definition) is 4. The first-order chi connectivity index (χ1) is 15.5. The maximum Gasteiger partial charge on any atom is 0.130 e. The second kappa shape index (κ2) is 9.77. The minimum absolute atomic E-state index is 0.450. The molecule has 1 saturated heterocycles. The standard InChI is InChI=1S/C25H27NO6/c1-15-2-5-17(25-24(30)23(29)22(28)21(14-27)32-25)13-18(15)12-16-3-6-19(7-4-16)31-20-8-10-26-11-9-20/h2-11,13,21-25,27-30H,12,14H2,1H3/t21-,22-,23+,24-,25+/m1/s1. The Morgan fingerprint density at radius 2 is 1.56 bits per heavy atom. The molecule has 7 nitrogen and oxygen atoms in total. The maximum atomic E-state index is 10.4. The van der Waals surface area contributed by atoms with Crippen molar-refractivity contribution in [2.24, 2.45) is 0 Å². The summed E-state index contributed by atoms with van der Waals surface area (Å²) in [6.07, 6.45) is -1.84. The van der Waals surface area contributed by atoms with E-state index >= 15 is 0 Å². The number of aliphatic hydroxyl groups is 4. The molecule has 0 amide bonds. The molecular formula is C25H27NO6. The second-order valence-electron chi connectivity index (χ2n) is 8.04. The lowest BCUT2D eigenvalue weighted by atomic mass is 9.89. The van der Waals surface area contributed by atoms with Crippen molar-refractivity contribution >= 4 is 0 Å². The van der Waals surface area contributed by atoms with Gasteiger partial charge >= 0.3 is 0 Å². The fraction of sp³-hybridized carbons (Fsp3) is 0.320. The molecule has 1 fully saturated rings. The summed E-state index contributed by atoms with van der Waals surface area (Å²) < 4.78 is 11.5. The average molecular weight is 437 g/mol. The van der Waals surface area contributed by atoms with Crippen molar-refractivity contribution in [2.45, 2.75) is 43.9 Å². The lowest BCUT2D eigenvalue weighted by Crippen LogP contribution is -2.55. The predicted molar refractivity (Wildman–Crippen MR) is 117 cm³/mol. The van der Waals surface area contributed by atoms with Gasteiger partial charge in [-0.05, 0) is 59.9 Å². The molecule has 2 heterocycles. The highest BCUT2D eigenvalue weighted by Gasteiger charge is 2.43. The first-order valence-electron chi connectivity index (χ1n) is 10.5. The zero-order valence-electron chi connectivity index (χ0n) is 17.7. The van der Waals surface area contributed by atoms with Crippen LogP contribution in [0.2, 0.25) is 0 Å². The molecule has 0 aliphatic carbocycles. The summed E-state index contributed by atoms with van der Waals surface area (Å²) in [4.78, 5) is 3.98. The second-order valence-corrected chi connectivity index (χ2v) is 8.04. The third kappa shape index (κ3) is 4.82. The summed E-state index contributed by atoms with van der Waals surface area (Å²) in [6.45, 7) is 1.56. The van der Waals surface area contributed by atoms with Crippen LogP contribution in [-0.4, -0.2) is 56.4 Å². The zero-order chi connectivity index (χ0) is 22.7. The highest BCUT2D eigenvalue weighted by molar-refractivity contribution is 5.39. The van der Waals surface area contributed by atoms with E-state index in [1.807, 2.05) is 49.4 Å². The normalized spacial score (nSPS) is 25.5. The molecule has 3 aromatic rings. The lowest BCUT2D eigenvalue weighted by molar-refractivity contribution is -0.231. The largest absolute Gasteiger partial charge is 0.457 e. The predicted octanol–water partition coefficient (Wildman–Crippen LogP) is 2.29. The van der Waals surface area contributed by atoms with Crippen LogP contribution in [0.1, 0.15) is 28.4 Å². The number of aromatic nitrogens is 1. The van der Waals surface area contributed by atoms with Gasteiger partial charge in [-0.25, -0.2) is 0 Å². The molecule has 168 valence electrons. The van der Waals surface area contributed by atoms with Crippen molar-refractivity contribution in [3.05, 3.63) is 89.2 Å². The van der Waals surface area contributed by atoms with E-state index in [0.717, 1.165) is 28.2 Å². The molecule has 1 aromatic heterocycles. The third-order valence-electron chi connectivity index (χ3n) is 5.80. The molecule has 0 bridgehead atoms. The number of pyridine rings is 1. The molecule has 2 aromatic carbocycles. The number of ether oxygens (including phenoxy) is 2. The van der Waals surface area contributed by atoms with E-state index in [9.17, 15) is 20.4 Å². The van der Waals surface area contributed by atoms with Gasteiger partial charge in [-0.2, -0.15) is 0 Å². The van der Waals surface area contributed by atoms with Crippen LogP contribution >= 0.6 is 0 Å². The molecule has 32 heavy (non-hydrogen) atoms. The summed E-state index contributed by atoms with van der Waals surface area (Å²) in [5, 5.41) is 40.0. The van der Waals surface area contributed by atoms with Gasteiger partial charge in [0.2, 0.25) is 0 Å². The molecule has 1 aliphatic heterocycles. The topological polar surface area (TPSA) is 112 Å². The van der Waals surface area contributed by atoms with Crippen LogP contribution < -0.4 is 4.74 Å². The van der Waals surface area contributed by atoms with Crippen molar-refractivity contribution in [1.29, 1.82) is 0 Å². The van der Waals surface area contributed by atoms with E-state index in [-0.39, 0.29) is 0 Å². The molecular weight excluding hydrogens is 410 g/mol. The van der Waals surface area contributed by atoms with Gasteiger partial charge in [0.15, 0.2) is 0 Å². The van der Waals surface area contributed by atoms with E-state index in [4.69, 9.17) is 9.47 Å². The molecule has 0 radical (unpaired) electrons. The van der Waals surface area contributed by atoms with E-state index in [2.05, 4.69) is 4.98 Å². The highest BCUT2D eigenvalue weighted by Crippen LogP contribution is 2.33. The Morgan fingerprint density at radius 3 is 2.25 bits per heavy atom. The van der Waals surface area contributed by atoms with Crippen molar-refractivity contribution in [1.82, 2.24) is 4.98 Å². The van der Waals surface area contributed by atoms with Crippen LogP contribution in [0.3, 0.4) is 0 Å². The smallest absolute Gasteiger partial charge is 0.130 e. The minimum Gasteiger partial charge on any atom is -0.457 e. The Kier molecular flexibility index (Phi) is 6.83. The summed E-state index contributed by atoms with van der Waals surface area (Å²) in [5.41, 5.74) is 3.89. The summed E-state index contributed by atoms with van der Waals surface area (Å²) in [7, 11) is 0. The van der Waals surface area contributed by atoms with E-state index in [1.54, 1.807) is 24.5 Å². The number of benzene rings is 2. The fourth-order valence-electron chi connectivity index (χ4n) is 3.87. The van der Waals surface area contributed by atoms with Gasteiger partial charge in [0.25, 0.3) is 0 Å². The Labute approximate surface area is 186 Å². The summed E-state index contributed by atoms with van der Waals surface area (Å²) in [6, 6.07) is 17.1. The van der Waals surface area contributed by atoms with Gasteiger partial charge in [-0.3, -0.25) is 4.98 Å². The molecule has 1 aliphatic rings. The molecule has 4 N–H and O–H groups in total. The highest BCUT2D eigenvalue weighted by atomic mass is 16.5. The lowest BCUT2D eigenvalue weighted by Gasteiger charge is -2.40. The van der Waals surface area contributed by atoms with Gasteiger partial charge in [0, 0.05) is 12.4 Å². The molecule has 5 atom stereocenters. The van der Waals surface area contributed by atoms with Gasteiger partial charge < -0.3 is 29.9 Å². The number of nitrogens with zero attached hydrogens (tertiary/aromatic N) is 1. The van der Waals surface area contributed by atoms with Gasteiger partial charge in [0.1, 0.15) is 42.0 Å². The minimum atomic E-state index is -1.40. The van der Waals surface area contributed by atoms with Crippen molar-refractivity contribution in [3.8, 4) is 11.5 Å². The van der Waals surface area contributed by atoms with Crippen LogP contribution in [0.15, 0.2) is 67.0 Å². The van der Waals surface area contributed by atoms with Crippen LogP contribution in [0.4, 0.5) is 0 Å². The monoisotopic (exact) mass is 437 g/mol. The SMILES string of the molecule is Cc1ccc([C@@H]2O[C@H](CO)[C@@H](O)[C@H](O)[C@H]2O)cc1Cc1ccc(Oc2ccncc2)cc1. The van der Waals surface area contributed by atoms with E-state index in [1.165, 1.54) is 0 Å². The molecule has 4 rings (SSSR count). The summed E-state index contributed by atoms with van der Waals surface area (Å²) in [5.74, 6) is 1.45. The molecule has 0 spiro atoms. The zero-order valence-corrected chi connectivity index (χ0v) is 17.7. The summed E-state index contributed by atoms with van der Waals surface area (Å²) >= 11 is 0. The van der Waals surface area contributed by atoms with Gasteiger partial charge in [0.05, 0.1) is 6.61 Å². The Balaban J connectivity index is 1.50. The fourth-order valence-corrected chi connectivity index (χ4v) is 3.87. The van der Waals surface area contributed by atoms with Gasteiger partial charge in [-0.15, -0.1) is 0 Å². The average Bonchev–Trinajstić information content (AvgIpc) is 2.81. The number of rotatable bonds is 6. The molecule has 0 saturated carbocycles. The van der Waals surface area contributed by atoms with Crippen molar-refractivity contribution in [3.63, 3.8) is 0 Å². The maximum absolute atomic E-state index is 10.4. The number of aryl methyl sites for hydroxylation is 1. The van der Waals surface area contributed by atoms with Crippen molar-refractivity contribution in [2.75, 3.05) is 6.61 Å². The number of aliphatic hydroxyl groups excluding tert-OH is 4. The van der Waals surface area contributed by atoms with Gasteiger partial charge in [-0.1, -0.05) is 30.3 Å². The van der Waals surface area contributed by atoms with E-state index in [0.29, 0.717) is 12.0 Å². The van der Waals surface area contributed by atoms with Crippen LogP contribution in [0, 0.1) is 6.92 Å². The van der Waals surface area contributed by atoms with E-state index < -0.39 is 37.1 Å². The van der Waals surface area contributed by atoms with Crippen molar-refractivity contribution < 1.29 is 29.9 Å². The van der Waals surface area contributed by atoms with Crippen LogP contribution in [0.25, 0.3) is 0 Å². The first-order valence-corrected chi connectivity index (χ1v) is 10.5. The Hall–Kier alpha value is -2.81. The van der Waals surface area contributed by atoms with Crippen LogP contribution in [0.5, 0.6) is 11.5 Å². The number of hydrogen-bond acceptors (Lipinski definition) is 7. The first kappa shape index (κ1) is 22.4. The van der Waals surface area contributed by atoms with Crippen LogP contribution in [-0.2, 0) is 11.2 Å². The molecule has 0 unspecified atom stereocenters.